The number of ether oxygens (including phenoxy) is 2. The van der Waals surface area contributed by atoms with Crippen LogP contribution in [0.15, 0.2) is 6.07 Å². The summed E-state index contributed by atoms with van der Waals surface area (Å²) in [6, 6.07) is 1.18. The molecule has 1 aromatic carbocycles. The van der Waals surface area contributed by atoms with Crippen LogP contribution in [0.1, 0.15) is 24.1 Å². The first-order chi connectivity index (χ1) is 7.02. The van der Waals surface area contributed by atoms with Gasteiger partial charge in [-0.05, 0) is 25.5 Å². The third kappa shape index (κ3) is 2.04. The largest absolute Gasteiger partial charge is 0.492 e. The molecule has 15 heavy (non-hydrogen) atoms. The van der Waals surface area contributed by atoms with E-state index in [-0.39, 0.29) is 11.8 Å². The predicted molar refractivity (Wildman–Crippen MR) is 56.8 cm³/mol. The Kier molecular flexibility index (Phi) is 3.52. The molecule has 1 rings (SSSR count). The molecule has 2 N–H and O–H groups in total. The van der Waals surface area contributed by atoms with Gasteiger partial charge in [-0.1, -0.05) is 0 Å². The molecule has 0 amide bonds. The molecule has 4 heteroatoms. The Morgan fingerprint density at radius 3 is 2.20 bits per heavy atom. The minimum absolute atomic E-state index is 0.107. The van der Waals surface area contributed by atoms with Crippen LogP contribution in [0.5, 0.6) is 11.5 Å². The van der Waals surface area contributed by atoms with Crippen LogP contribution in [0.2, 0.25) is 0 Å². The molecule has 0 radical (unpaired) electrons. The Morgan fingerprint density at radius 1 is 1.27 bits per heavy atom. The molecule has 1 aromatic rings. The molecular weight excluding hydrogens is 197 g/mol. The number of hydrogen-bond donors (Lipinski definition) is 1. The van der Waals surface area contributed by atoms with Crippen LogP contribution in [0.4, 0.5) is 4.39 Å². The van der Waals surface area contributed by atoms with Gasteiger partial charge in [0, 0.05) is 11.6 Å². The highest BCUT2D eigenvalue weighted by Gasteiger charge is 2.20. The number of benzene rings is 1. The van der Waals surface area contributed by atoms with Crippen LogP contribution in [0.25, 0.3) is 0 Å². The van der Waals surface area contributed by atoms with Crippen molar-refractivity contribution in [1.82, 2.24) is 0 Å². The quantitative estimate of drug-likeness (QED) is 0.836. The number of hydrogen-bond acceptors (Lipinski definition) is 3. The van der Waals surface area contributed by atoms with E-state index in [1.807, 2.05) is 6.92 Å². The fraction of sp³-hybridized carbons (Fsp3) is 0.455. The summed E-state index contributed by atoms with van der Waals surface area (Å²) in [4.78, 5) is 0. The smallest absolute Gasteiger partial charge is 0.197 e. The first kappa shape index (κ1) is 11.8. The van der Waals surface area contributed by atoms with Crippen molar-refractivity contribution in [3.63, 3.8) is 0 Å². The van der Waals surface area contributed by atoms with E-state index in [0.29, 0.717) is 5.75 Å². The van der Waals surface area contributed by atoms with Crippen molar-refractivity contribution in [1.29, 1.82) is 0 Å². The molecule has 0 aliphatic heterocycles. The Labute approximate surface area is 89.0 Å². The van der Waals surface area contributed by atoms with Crippen LogP contribution in [0.3, 0.4) is 0 Å². The Bertz CT molecular complexity index is 364. The summed E-state index contributed by atoms with van der Waals surface area (Å²) in [5.41, 5.74) is 7.34. The average molecular weight is 213 g/mol. The Hall–Kier alpha value is -1.29. The van der Waals surface area contributed by atoms with E-state index in [4.69, 9.17) is 15.2 Å². The lowest BCUT2D eigenvalue weighted by atomic mass is 10.0. The molecule has 1 unspecified atom stereocenters. The Balaban J connectivity index is 3.49. The topological polar surface area (TPSA) is 44.5 Å². The Morgan fingerprint density at radius 2 is 1.80 bits per heavy atom. The van der Waals surface area contributed by atoms with E-state index in [0.717, 1.165) is 11.1 Å². The normalized spacial score (nSPS) is 12.4. The summed E-state index contributed by atoms with van der Waals surface area (Å²) in [5, 5.41) is 0. The van der Waals surface area contributed by atoms with Gasteiger partial charge < -0.3 is 15.2 Å². The monoisotopic (exact) mass is 213 g/mol. The zero-order valence-corrected chi connectivity index (χ0v) is 9.43. The number of halogens is 1. The van der Waals surface area contributed by atoms with Gasteiger partial charge in [0.2, 0.25) is 0 Å². The summed E-state index contributed by atoms with van der Waals surface area (Å²) in [6.45, 7) is 3.62. The molecule has 84 valence electrons. The highest BCUT2D eigenvalue weighted by atomic mass is 19.1. The van der Waals surface area contributed by atoms with Crippen molar-refractivity contribution in [2.24, 2.45) is 5.73 Å². The zero-order valence-electron chi connectivity index (χ0n) is 9.43. The molecule has 0 bridgehead atoms. The van der Waals surface area contributed by atoms with Gasteiger partial charge >= 0.3 is 0 Å². The van der Waals surface area contributed by atoms with Crippen molar-refractivity contribution in [2.45, 2.75) is 19.9 Å². The molecule has 0 fully saturated rings. The minimum Gasteiger partial charge on any atom is -0.492 e. The van der Waals surface area contributed by atoms with Crippen LogP contribution in [0, 0.1) is 12.7 Å². The van der Waals surface area contributed by atoms with E-state index in [1.54, 1.807) is 6.92 Å². The molecule has 0 saturated carbocycles. The molecule has 0 spiro atoms. The van der Waals surface area contributed by atoms with Gasteiger partial charge in [0.25, 0.3) is 0 Å². The third-order valence-corrected chi connectivity index (χ3v) is 2.30. The van der Waals surface area contributed by atoms with Crippen LogP contribution >= 0.6 is 0 Å². The number of aryl methyl sites for hydroxylation is 1. The van der Waals surface area contributed by atoms with Gasteiger partial charge in [-0.3, -0.25) is 0 Å². The van der Waals surface area contributed by atoms with E-state index in [1.165, 1.54) is 20.3 Å². The first-order valence-electron chi connectivity index (χ1n) is 4.69. The van der Waals surface area contributed by atoms with E-state index < -0.39 is 5.82 Å². The maximum atomic E-state index is 13.5. The van der Waals surface area contributed by atoms with Crippen LogP contribution in [-0.2, 0) is 0 Å². The van der Waals surface area contributed by atoms with Crippen molar-refractivity contribution in [2.75, 3.05) is 14.2 Å². The lowest BCUT2D eigenvalue weighted by Gasteiger charge is -2.18. The van der Waals surface area contributed by atoms with Crippen molar-refractivity contribution >= 4 is 0 Å². The van der Waals surface area contributed by atoms with Crippen molar-refractivity contribution in [3.8, 4) is 11.5 Å². The van der Waals surface area contributed by atoms with Crippen LogP contribution < -0.4 is 15.2 Å². The lowest BCUT2D eigenvalue weighted by Crippen LogP contribution is -2.10. The second-order valence-corrected chi connectivity index (χ2v) is 3.44. The van der Waals surface area contributed by atoms with Gasteiger partial charge in [0.1, 0.15) is 0 Å². The van der Waals surface area contributed by atoms with E-state index in [2.05, 4.69) is 0 Å². The number of methoxy groups -OCH3 is 2. The summed E-state index contributed by atoms with van der Waals surface area (Å²) in [7, 11) is 2.88. The first-order valence-corrected chi connectivity index (χ1v) is 4.69. The SMILES string of the molecule is COc1c(F)cc(C)c(C(C)N)c1OC. The second kappa shape index (κ2) is 4.49. The summed E-state index contributed by atoms with van der Waals surface area (Å²) < 4.78 is 23.6. The summed E-state index contributed by atoms with van der Waals surface area (Å²) >= 11 is 0. The molecule has 3 nitrogen and oxygen atoms in total. The third-order valence-electron chi connectivity index (χ3n) is 2.30. The summed E-state index contributed by atoms with van der Waals surface area (Å²) in [6.07, 6.45) is 0. The fourth-order valence-corrected chi connectivity index (χ4v) is 1.70. The molecule has 0 heterocycles. The minimum atomic E-state index is -0.434. The van der Waals surface area contributed by atoms with E-state index in [9.17, 15) is 4.39 Å². The summed E-state index contributed by atoms with van der Waals surface area (Å²) in [5.74, 6) is 0.0525. The highest BCUT2D eigenvalue weighted by Crippen LogP contribution is 2.38. The van der Waals surface area contributed by atoms with Crippen molar-refractivity contribution in [3.05, 3.63) is 23.0 Å². The molecule has 0 aliphatic carbocycles. The number of rotatable bonds is 3. The molecular formula is C11H16FNO2. The fourth-order valence-electron chi connectivity index (χ4n) is 1.70. The van der Waals surface area contributed by atoms with Gasteiger partial charge in [0.05, 0.1) is 14.2 Å². The maximum Gasteiger partial charge on any atom is 0.197 e. The lowest BCUT2D eigenvalue weighted by molar-refractivity contribution is 0.332. The maximum absolute atomic E-state index is 13.5. The van der Waals surface area contributed by atoms with Gasteiger partial charge in [-0.15, -0.1) is 0 Å². The number of nitrogens with two attached hydrogens (primary N) is 1. The van der Waals surface area contributed by atoms with E-state index >= 15 is 0 Å². The molecule has 0 aromatic heterocycles. The molecule has 0 aliphatic rings. The zero-order chi connectivity index (χ0) is 11.6. The molecule has 0 saturated heterocycles. The average Bonchev–Trinajstić information content (AvgIpc) is 2.15. The van der Waals surface area contributed by atoms with Gasteiger partial charge in [-0.2, -0.15) is 0 Å². The van der Waals surface area contributed by atoms with Gasteiger partial charge in [0.15, 0.2) is 17.3 Å². The highest BCUT2D eigenvalue weighted by molar-refractivity contribution is 5.52. The molecule has 1 atom stereocenters. The van der Waals surface area contributed by atoms with Crippen molar-refractivity contribution < 1.29 is 13.9 Å². The second-order valence-electron chi connectivity index (χ2n) is 3.44. The van der Waals surface area contributed by atoms with Crippen LogP contribution in [-0.4, -0.2) is 14.2 Å². The van der Waals surface area contributed by atoms with Gasteiger partial charge in [-0.25, -0.2) is 4.39 Å². The standard InChI is InChI=1S/C11H16FNO2/c1-6-5-8(12)10(14-3)11(15-4)9(6)7(2)13/h5,7H,13H2,1-4H3. The predicted octanol–water partition coefficient (Wildman–Crippen LogP) is 2.17.